The van der Waals surface area contributed by atoms with Crippen molar-refractivity contribution < 1.29 is 4.42 Å². The van der Waals surface area contributed by atoms with Gasteiger partial charge in [-0.25, -0.2) is 0 Å². The summed E-state index contributed by atoms with van der Waals surface area (Å²) in [5, 5.41) is 3.41. The van der Waals surface area contributed by atoms with Crippen LogP contribution in [0.25, 0.3) is 0 Å². The minimum absolute atomic E-state index is 0.756. The van der Waals surface area contributed by atoms with Crippen molar-refractivity contribution in [1.82, 2.24) is 5.32 Å². The lowest BCUT2D eigenvalue weighted by Gasteiger charge is -2.21. The fourth-order valence-corrected chi connectivity index (χ4v) is 2.18. The lowest BCUT2D eigenvalue weighted by molar-refractivity contribution is 0.348. The second kappa shape index (κ2) is 4.29. The molecule has 3 heteroatoms. The fraction of sp³-hybridized carbons (Fsp3) is 0.600. The van der Waals surface area contributed by atoms with Crippen LogP contribution in [0.4, 0.5) is 0 Å². The molecule has 13 heavy (non-hydrogen) atoms. The third-order valence-corrected chi connectivity index (χ3v) is 2.94. The van der Waals surface area contributed by atoms with Crippen molar-refractivity contribution >= 4 is 15.9 Å². The van der Waals surface area contributed by atoms with Gasteiger partial charge in [-0.3, -0.25) is 0 Å². The quantitative estimate of drug-likeness (QED) is 0.864. The third kappa shape index (κ3) is 2.58. The number of furan rings is 1. The maximum atomic E-state index is 5.48. The Hall–Kier alpha value is -0.280. The highest BCUT2D eigenvalue weighted by molar-refractivity contribution is 9.10. The van der Waals surface area contributed by atoms with Gasteiger partial charge in [0.1, 0.15) is 5.76 Å². The van der Waals surface area contributed by atoms with Gasteiger partial charge in [0.05, 0.1) is 0 Å². The van der Waals surface area contributed by atoms with Crippen LogP contribution in [0.15, 0.2) is 21.2 Å². The highest BCUT2D eigenvalue weighted by atomic mass is 79.9. The van der Waals surface area contributed by atoms with Crippen molar-refractivity contribution in [3.8, 4) is 0 Å². The van der Waals surface area contributed by atoms with Crippen molar-refractivity contribution in [3.05, 3.63) is 22.6 Å². The molecule has 1 N–H and O–H groups in total. The molecule has 1 aliphatic heterocycles. The van der Waals surface area contributed by atoms with Crippen LogP contribution >= 0.6 is 15.9 Å². The Labute approximate surface area is 86.8 Å². The molecule has 2 nitrogen and oxygen atoms in total. The van der Waals surface area contributed by atoms with Gasteiger partial charge in [-0.05, 0) is 59.9 Å². The molecule has 1 aromatic heterocycles. The molecule has 2 rings (SSSR count). The Kier molecular flexibility index (Phi) is 3.06. The summed E-state index contributed by atoms with van der Waals surface area (Å²) < 4.78 is 6.31. The highest BCUT2D eigenvalue weighted by Crippen LogP contribution is 2.20. The molecule has 0 unspecified atom stereocenters. The SMILES string of the molecule is Brc1ccc(C[C@H]2CCCNC2)o1. The summed E-state index contributed by atoms with van der Waals surface area (Å²) in [4.78, 5) is 0. The zero-order valence-corrected chi connectivity index (χ0v) is 9.14. The lowest BCUT2D eigenvalue weighted by atomic mass is 9.95. The molecule has 1 fully saturated rings. The summed E-state index contributed by atoms with van der Waals surface area (Å²) in [6.07, 6.45) is 3.69. The predicted octanol–water partition coefficient (Wildman–Crippen LogP) is 2.58. The molecule has 0 spiro atoms. The van der Waals surface area contributed by atoms with Crippen LogP contribution in [0.5, 0.6) is 0 Å². The average Bonchev–Trinajstić information content (AvgIpc) is 2.53. The summed E-state index contributed by atoms with van der Waals surface area (Å²) in [6, 6.07) is 4.02. The molecular weight excluding hydrogens is 230 g/mol. The Morgan fingerprint density at radius 3 is 3.08 bits per heavy atom. The standard InChI is InChI=1S/C10H14BrNO/c11-10-4-3-9(13-10)6-8-2-1-5-12-7-8/h3-4,8,12H,1-2,5-7H2/t8-/m1/s1. The Morgan fingerprint density at radius 2 is 2.46 bits per heavy atom. The van der Waals surface area contributed by atoms with Crippen molar-refractivity contribution in [2.24, 2.45) is 5.92 Å². The summed E-state index contributed by atoms with van der Waals surface area (Å²) in [6.45, 7) is 2.32. The molecule has 1 aromatic rings. The fourth-order valence-electron chi connectivity index (χ4n) is 1.84. The van der Waals surface area contributed by atoms with Crippen LogP contribution in [0, 0.1) is 5.92 Å². The minimum atomic E-state index is 0.756. The van der Waals surface area contributed by atoms with E-state index in [4.69, 9.17) is 4.42 Å². The van der Waals surface area contributed by atoms with Crippen LogP contribution in [-0.2, 0) is 6.42 Å². The maximum Gasteiger partial charge on any atom is 0.169 e. The first-order valence-electron chi connectivity index (χ1n) is 4.79. The third-order valence-electron chi connectivity index (χ3n) is 2.52. The van der Waals surface area contributed by atoms with Gasteiger partial charge in [0.15, 0.2) is 4.67 Å². The summed E-state index contributed by atoms with van der Waals surface area (Å²) in [5.74, 6) is 1.85. The lowest BCUT2D eigenvalue weighted by Crippen LogP contribution is -2.30. The van der Waals surface area contributed by atoms with Crippen LogP contribution in [0.2, 0.25) is 0 Å². The monoisotopic (exact) mass is 243 g/mol. The highest BCUT2D eigenvalue weighted by Gasteiger charge is 2.14. The topological polar surface area (TPSA) is 25.2 Å². The van der Waals surface area contributed by atoms with Crippen molar-refractivity contribution in [2.75, 3.05) is 13.1 Å². The molecule has 0 aliphatic carbocycles. The van der Waals surface area contributed by atoms with Gasteiger partial charge >= 0.3 is 0 Å². The van der Waals surface area contributed by atoms with E-state index in [2.05, 4.69) is 27.3 Å². The first-order chi connectivity index (χ1) is 6.34. The van der Waals surface area contributed by atoms with Crippen molar-refractivity contribution in [2.45, 2.75) is 19.3 Å². The van der Waals surface area contributed by atoms with E-state index in [-0.39, 0.29) is 0 Å². The second-order valence-corrected chi connectivity index (χ2v) is 4.40. The normalized spacial score (nSPS) is 23.3. The van der Waals surface area contributed by atoms with E-state index >= 15 is 0 Å². The van der Waals surface area contributed by atoms with Crippen LogP contribution in [-0.4, -0.2) is 13.1 Å². The molecular formula is C10H14BrNO. The minimum Gasteiger partial charge on any atom is -0.454 e. The first-order valence-corrected chi connectivity index (χ1v) is 5.59. The van der Waals surface area contributed by atoms with Gasteiger partial charge < -0.3 is 9.73 Å². The Bertz CT molecular complexity index is 266. The Balaban J connectivity index is 1.89. The first kappa shape index (κ1) is 9.28. The molecule has 0 bridgehead atoms. The largest absolute Gasteiger partial charge is 0.454 e. The second-order valence-electron chi connectivity index (χ2n) is 3.62. The van der Waals surface area contributed by atoms with Crippen molar-refractivity contribution in [3.63, 3.8) is 0 Å². The summed E-state index contributed by atoms with van der Waals surface area (Å²) in [7, 11) is 0. The average molecular weight is 244 g/mol. The van der Waals surface area contributed by atoms with Crippen LogP contribution < -0.4 is 5.32 Å². The van der Waals surface area contributed by atoms with Gasteiger partial charge in [0, 0.05) is 6.42 Å². The van der Waals surface area contributed by atoms with E-state index in [1.165, 1.54) is 19.4 Å². The zero-order valence-electron chi connectivity index (χ0n) is 7.55. The number of hydrogen-bond donors (Lipinski definition) is 1. The molecule has 1 atom stereocenters. The van der Waals surface area contributed by atoms with E-state index in [0.717, 1.165) is 29.3 Å². The molecule has 1 aliphatic rings. The molecule has 72 valence electrons. The number of halogens is 1. The van der Waals surface area contributed by atoms with E-state index in [1.807, 2.05) is 6.07 Å². The number of rotatable bonds is 2. The molecule has 0 radical (unpaired) electrons. The number of nitrogens with one attached hydrogen (secondary N) is 1. The zero-order chi connectivity index (χ0) is 9.10. The number of piperidine rings is 1. The molecule has 0 saturated carbocycles. The Morgan fingerprint density at radius 1 is 1.54 bits per heavy atom. The van der Waals surface area contributed by atoms with Gasteiger partial charge in [-0.15, -0.1) is 0 Å². The number of hydrogen-bond acceptors (Lipinski definition) is 2. The van der Waals surface area contributed by atoms with Crippen LogP contribution in [0.1, 0.15) is 18.6 Å². The van der Waals surface area contributed by atoms with Crippen LogP contribution in [0.3, 0.4) is 0 Å². The van der Waals surface area contributed by atoms with Gasteiger partial charge in [-0.1, -0.05) is 0 Å². The van der Waals surface area contributed by atoms with Gasteiger partial charge in [0.25, 0.3) is 0 Å². The van der Waals surface area contributed by atoms with E-state index in [9.17, 15) is 0 Å². The molecule has 1 saturated heterocycles. The van der Waals surface area contributed by atoms with E-state index < -0.39 is 0 Å². The van der Waals surface area contributed by atoms with E-state index in [1.54, 1.807) is 0 Å². The van der Waals surface area contributed by atoms with Crippen molar-refractivity contribution in [1.29, 1.82) is 0 Å². The predicted molar refractivity (Wildman–Crippen MR) is 55.7 cm³/mol. The summed E-state index contributed by atoms with van der Waals surface area (Å²) in [5.41, 5.74) is 0. The molecule has 0 amide bonds. The van der Waals surface area contributed by atoms with E-state index in [0.29, 0.717) is 0 Å². The van der Waals surface area contributed by atoms with Gasteiger partial charge in [-0.2, -0.15) is 0 Å². The maximum absolute atomic E-state index is 5.48. The summed E-state index contributed by atoms with van der Waals surface area (Å²) >= 11 is 3.31. The molecule has 2 heterocycles. The smallest absolute Gasteiger partial charge is 0.169 e. The molecule has 0 aromatic carbocycles. The van der Waals surface area contributed by atoms with Gasteiger partial charge in [0.2, 0.25) is 0 Å².